The summed E-state index contributed by atoms with van der Waals surface area (Å²) < 4.78 is 0.676. The zero-order valence-corrected chi connectivity index (χ0v) is 10.9. The number of rotatable bonds is 5. The van der Waals surface area contributed by atoms with Crippen molar-refractivity contribution >= 4 is 27.9 Å². The lowest BCUT2D eigenvalue weighted by Gasteiger charge is -2.25. The van der Waals surface area contributed by atoms with Crippen LogP contribution in [0.3, 0.4) is 0 Å². The van der Waals surface area contributed by atoms with E-state index in [2.05, 4.69) is 15.9 Å². The number of carbonyl (C=O) groups is 2. The summed E-state index contributed by atoms with van der Waals surface area (Å²) in [6.45, 7) is 1.54. The second-order valence-electron chi connectivity index (χ2n) is 4.01. The number of aliphatic carboxylic acids is 2. The van der Waals surface area contributed by atoms with Crippen molar-refractivity contribution in [2.45, 2.75) is 25.2 Å². The lowest BCUT2D eigenvalue weighted by molar-refractivity contribution is -0.144. The van der Waals surface area contributed by atoms with Crippen molar-refractivity contribution < 1.29 is 19.8 Å². The Hall–Kier alpha value is -1.36. The van der Waals surface area contributed by atoms with Crippen LogP contribution in [0, 0.1) is 0 Å². The molecular weight excluding hydrogens is 288 g/mol. The van der Waals surface area contributed by atoms with E-state index in [1.54, 1.807) is 31.2 Å². The third kappa shape index (κ3) is 3.06. The Kier molecular flexibility index (Phi) is 4.28. The van der Waals surface area contributed by atoms with Gasteiger partial charge in [-0.05, 0) is 25.0 Å². The molecule has 0 amide bonds. The van der Waals surface area contributed by atoms with E-state index in [0.29, 0.717) is 10.0 Å². The van der Waals surface area contributed by atoms with Crippen LogP contribution in [0.15, 0.2) is 28.7 Å². The van der Waals surface area contributed by atoms with Gasteiger partial charge in [0.05, 0.1) is 5.41 Å². The van der Waals surface area contributed by atoms with Crippen LogP contribution in [0.25, 0.3) is 0 Å². The summed E-state index contributed by atoms with van der Waals surface area (Å²) in [5.74, 6) is -2.02. The number of hydrogen-bond donors (Lipinski definition) is 2. The number of benzene rings is 1. The molecule has 1 unspecified atom stereocenters. The molecule has 92 valence electrons. The molecule has 5 heteroatoms. The molecule has 17 heavy (non-hydrogen) atoms. The second kappa shape index (κ2) is 5.31. The van der Waals surface area contributed by atoms with E-state index in [4.69, 9.17) is 5.11 Å². The smallest absolute Gasteiger partial charge is 0.313 e. The van der Waals surface area contributed by atoms with E-state index in [0.717, 1.165) is 0 Å². The monoisotopic (exact) mass is 300 g/mol. The molecule has 1 aromatic rings. The van der Waals surface area contributed by atoms with Gasteiger partial charge in [-0.15, -0.1) is 0 Å². The van der Waals surface area contributed by atoms with Crippen LogP contribution < -0.4 is 0 Å². The maximum absolute atomic E-state index is 11.4. The van der Waals surface area contributed by atoms with Gasteiger partial charge in [0.15, 0.2) is 0 Å². The predicted molar refractivity (Wildman–Crippen MR) is 66.0 cm³/mol. The van der Waals surface area contributed by atoms with Gasteiger partial charge in [0.2, 0.25) is 0 Å². The van der Waals surface area contributed by atoms with Gasteiger partial charge in [-0.25, -0.2) is 0 Å². The average Bonchev–Trinajstić information content (AvgIpc) is 2.26. The first-order chi connectivity index (χ1) is 7.88. The Labute approximate surface area is 107 Å². The summed E-state index contributed by atoms with van der Waals surface area (Å²) >= 11 is 3.30. The Morgan fingerprint density at radius 3 is 2.35 bits per heavy atom. The maximum Gasteiger partial charge on any atom is 0.313 e. The van der Waals surface area contributed by atoms with E-state index >= 15 is 0 Å². The van der Waals surface area contributed by atoms with Gasteiger partial charge in [-0.3, -0.25) is 9.59 Å². The van der Waals surface area contributed by atoms with E-state index in [1.165, 1.54) is 0 Å². The summed E-state index contributed by atoms with van der Waals surface area (Å²) in [4.78, 5) is 22.0. The van der Waals surface area contributed by atoms with Gasteiger partial charge in [0.1, 0.15) is 0 Å². The second-order valence-corrected chi connectivity index (χ2v) is 4.87. The van der Waals surface area contributed by atoms with Crippen molar-refractivity contribution in [2.24, 2.45) is 0 Å². The highest BCUT2D eigenvalue weighted by molar-refractivity contribution is 9.10. The maximum atomic E-state index is 11.4. The van der Waals surface area contributed by atoms with Gasteiger partial charge in [0, 0.05) is 10.9 Å². The number of carboxylic acid groups (broad SMARTS) is 2. The summed E-state index contributed by atoms with van der Waals surface area (Å²) in [5.41, 5.74) is -0.605. The van der Waals surface area contributed by atoms with Crippen LogP contribution >= 0.6 is 15.9 Å². The highest BCUT2D eigenvalue weighted by atomic mass is 79.9. The van der Waals surface area contributed by atoms with Gasteiger partial charge in [-0.1, -0.05) is 34.1 Å². The van der Waals surface area contributed by atoms with Crippen LogP contribution in [0.5, 0.6) is 0 Å². The fourth-order valence-electron chi connectivity index (χ4n) is 1.62. The van der Waals surface area contributed by atoms with Gasteiger partial charge in [0.25, 0.3) is 0 Å². The fourth-order valence-corrected chi connectivity index (χ4v) is 2.34. The number of carboxylic acids is 2. The van der Waals surface area contributed by atoms with Crippen molar-refractivity contribution in [1.29, 1.82) is 0 Å². The van der Waals surface area contributed by atoms with Crippen molar-refractivity contribution in [3.8, 4) is 0 Å². The molecule has 0 saturated carbocycles. The van der Waals surface area contributed by atoms with Crippen LogP contribution in [0.2, 0.25) is 0 Å². The average molecular weight is 301 g/mol. The highest BCUT2D eigenvalue weighted by Gasteiger charge is 2.36. The van der Waals surface area contributed by atoms with Gasteiger partial charge < -0.3 is 10.2 Å². The molecule has 1 aromatic carbocycles. The summed E-state index contributed by atoms with van der Waals surface area (Å²) in [6, 6.07) is 6.96. The summed E-state index contributed by atoms with van der Waals surface area (Å²) in [7, 11) is 0. The Morgan fingerprint density at radius 2 is 1.88 bits per heavy atom. The van der Waals surface area contributed by atoms with Crippen LogP contribution in [-0.4, -0.2) is 22.2 Å². The molecule has 0 radical (unpaired) electrons. The molecule has 0 fully saturated rings. The molecule has 0 aromatic heterocycles. The van der Waals surface area contributed by atoms with E-state index in [9.17, 15) is 14.7 Å². The Bertz CT molecular complexity index is 444. The lowest BCUT2D eigenvalue weighted by Crippen LogP contribution is -2.33. The van der Waals surface area contributed by atoms with Crippen molar-refractivity contribution in [3.63, 3.8) is 0 Å². The molecule has 0 bridgehead atoms. The molecule has 0 aliphatic carbocycles. The number of halogens is 1. The molecular formula is C12H13BrO4. The molecule has 0 aliphatic heterocycles. The standard InChI is InChI=1S/C12H13BrO4/c1-12(11(16)17,7-6-10(14)15)8-4-2-3-5-9(8)13/h2-5H,6-7H2,1H3,(H,14,15)(H,16,17). The Morgan fingerprint density at radius 1 is 1.29 bits per heavy atom. The van der Waals surface area contributed by atoms with Gasteiger partial charge >= 0.3 is 11.9 Å². The molecule has 1 rings (SSSR count). The molecule has 0 aliphatic rings. The fraction of sp³-hybridized carbons (Fsp3) is 0.333. The number of hydrogen-bond acceptors (Lipinski definition) is 2. The minimum absolute atomic E-state index is 0.0558. The van der Waals surface area contributed by atoms with Crippen LogP contribution in [0.1, 0.15) is 25.3 Å². The van der Waals surface area contributed by atoms with Crippen molar-refractivity contribution in [3.05, 3.63) is 34.3 Å². The van der Waals surface area contributed by atoms with E-state index in [1.807, 2.05) is 0 Å². The third-order valence-corrected chi connectivity index (χ3v) is 3.47. The highest BCUT2D eigenvalue weighted by Crippen LogP contribution is 2.34. The van der Waals surface area contributed by atoms with E-state index < -0.39 is 17.4 Å². The summed E-state index contributed by atoms with van der Waals surface area (Å²) in [5, 5.41) is 18.0. The zero-order valence-electron chi connectivity index (χ0n) is 9.31. The van der Waals surface area contributed by atoms with Gasteiger partial charge in [-0.2, -0.15) is 0 Å². The largest absolute Gasteiger partial charge is 0.481 e. The quantitative estimate of drug-likeness (QED) is 0.876. The topological polar surface area (TPSA) is 74.6 Å². The molecule has 0 saturated heterocycles. The van der Waals surface area contributed by atoms with Crippen LogP contribution in [0.4, 0.5) is 0 Å². The lowest BCUT2D eigenvalue weighted by atomic mass is 9.78. The SMILES string of the molecule is CC(CCC(=O)O)(C(=O)O)c1ccccc1Br. The zero-order chi connectivity index (χ0) is 13.1. The molecule has 0 spiro atoms. The molecule has 1 atom stereocenters. The normalized spacial score (nSPS) is 14.0. The minimum Gasteiger partial charge on any atom is -0.481 e. The minimum atomic E-state index is -1.20. The van der Waals surface area contributed by atoms with Crippen molar-refractivity contribution in [2.75, 3.05) is 0 Å². The third-order valence-electron chi connectivity index (χ3n) is 2.78. The molecule has 0 heterocycles. The van der Waals surface area contributed by atoms with Crippen LogP contribution in [-0.2, 0) is 15.0 Å². The Balaban J connectivity index is 3.12. The van der Waals surface area contributed by atoms with Crippen molar-refractivity contribution in [1.82, 2.24) is 0 Å². The molecule has 4 nitrogen and oxygen atoms in total. The first kappa shape index (κ1) is 13.7. The first-order valence-corrected chi connectivity index (χ1v) is 5.87. The van der Waals surface area contributed by atoms with E-state index in [-0.39, 0.29) is 12.8 Å². The molecule has 2 N–H and O–H groups in total. The predicted octanol–water partition coefficient (Wildman–Crippen LogP) is 2.66. The first-order valence-electron chi connectivity index (χ1n) is 5.08. The summed E-state index contributed by atoms with van der Waals surface area (Å²) in [6.07, 6.45) is -0.121.